The number of aromatic nitrogens is 3. The highest BCUT2D eigenvalue weighted by Gasteiger charge is 2.26. The molecule has 1 aromatic heterocycles. The fourth-order valence-electron chi connectivity index (χ4n) is 3.19. The van der Waals surface area contributed by atoms with E-state index in [1.807, 2.05) is 0 Å². The first-order valence-corrected chi connectivity index (χ1v) is 8.83. The smallest absolute Gasteiger partial charge is 0.249 e. The number of hydrogen-bond donors (Lipinski definition) is 3. The SMILES string of the molecule is CC(C(=O)Nc1ccc(NC(=O)C[C@@H]2CCC[C@H]2N)cc1)n1cncn1. The molecule has 0 bridgehead atoms. The van der Waals surface area contributed by atoms with E-state index in [1.165, 1.54) is 17.3 Å². The monoisotopic (exact) mass is 356 g/mol. The molecular weight excluding hydrogens is 332 g/mol. The zero-order valence-corrected chi connectivity index (χ0v) is 14.8. The second-order valence-corrected chi connectivity index (χ2v) is 6.73. The van der Waals surface area contributed by atoms with Crippen molar-refractivity contribution in [1.82, 2.24) is 14.8 Å². The van der Waals surface area contributed by atoms with Crippen LogP contribution in [0.15, 0.2) is 36.9 Å². The van der Waals surface area contributed by atoms with Crippen molar-refractivity contribution in [2.75, 3.05) is 10.6 Å². The van der Waals surface area contributed by atoms with Crippen molar-refractivity contribution < 1.29 is 9.59 Å². The Morgan fingerprint density at radius 2 is 1.92 bits per heavy atom. The number of amides is 2. The van der Waals surface area contributed by atoms with E-state index in [-0.39, 0.29) is 23.8 Å². The third-order valence-corrected chi connectivity index (χ3v) is 4.81. The zero-order chi connectivity index (χ0) is 18.5. The van der Waals surface area contributed by atoms with E-state index >= 15 is 0 Å². The van der Waals surface area contributed by atoms with Gasteiger partial charge in [-0.3, -0.25) is 9.59 Å². The van der Waals surface area contributed by atoms with Crippen molar-refractivity contribution in [2.24, 2.45) is 11.7 Å². The van der Waals surface area contributed by atoms with Crippen LogP contribution in [0, 0.1) is 5.92 Å². The molecule has 1 heterocycles. The molecule has 1 unspecified atom stereocenters. The normalized spacial score (nSPS) is 20.5. The van der Waals surface area contributed by atoms with Crippen LogP contribution in [0.25, 0.3) is 0 Å². The van der Waals surface area contributed by atoms with Gasteiger partial charge < -0.3 is 16.4 Å². The number of hydrogen-bond acceptors (Lipinski definition) is 5. The quantitative estimate of drug-likeness (QED) is 0.731. The summed E-state index contributed by atoms with van der Waals surface area (Å²) in [6, 6.07) is 6.70. The third-order valence-electron chi connectivity index (χ3n) is 4.81. The minimum atomic E-state index is -0.465. The topological polar surface area (TPSA) is 115 Å². The molecule has 0 spiro atoms. The number of carbonyl (C=O) groups is 2. The Labute approximate surface area is 152 Å². The maximum absolute atomic E-state index is 12.2. The molecule has 1 saturated carbocycles. The largest absolute Gasteiger partial charge is 0.327 e. The minimum Gasteiger partial charge on any atom is -0.327 e. The van der Waals surface area contributed by atoms with Gasteiger partial charge in [-0.2, -0.15) is 5.10 Å². The van der Waals surface area contributed by atoms with Crippen molar-refractivity contribution in [3.8, 4) is 0 Å². The molecule has 26 heavy (non-hydrogen) atoms. The Bertz CT molecular complexity index is 744. The van der Waals surface area contributed by atoms with Gasteiger partial charge in [0.05, 0.1) is 0 Å². The number of carbonyl (C=O) groups excluding carboxylic acids is 2. The van der Waals surface area contributed by atoms with Crippen LogP contribution in [0.4, 0.5) is 11.4 Å². The first-order valence-electron chi connectivity index (χ1n) is 8.83. The van der Waals surface area contributed by atoms with Gasteiger partial charge in [0.2, 0.25) is 11.8 Å². The van der Waals surface area contributed by atoms with Crippen LogP contribution in [0.3, 0.4) is 0 Å². The maximum atomic E-state index is 12.2. The van der Waals surface area contributed by atoms with Crippen LogP contribution >= 0.6 is 0 Å². The van der Waals surface area contributed by atoms with E-state index in [4.69, 9.17) is 5.73 Å². The molecule has 0 aliphatic heterocycles. The molecule has 1 aliphatic rings. The third kappa shape index (κ3) is 4.45. The average molecular weight is 356 g/mol. The van der Waals surface area contributed by atoms with Gasteiger partial charge in [0.1, 0.15) is 18.7 Å². The van der Waals surface area contributed by atoms with Crippen molar-refractivity contribution in [1.29, 1.82) is 0 Å². The van der Waals surface area contributed by atoms with Crippen LogP contribution in [0.5, 0.6) is 0 Å². The number of rotatable bonds is 6. The minimum absolute atomic E-state index is 0.0241. The Balaban J connectivity index is 1.51. The zero-order valence-electron chi connectivity index (χ0n) is 14.8. The Kier molecular flexibility index (Phi) is 5.62. The summed E-state index contributed by atoms with van der Waals surface area (Å²) in [7, 11) is 0. The summed E-state index contributed by atoms with van der Waals surface area (Å²) in [6.45, 7) is 1.74. The lowest BCUT2D eigenvalue weighted by atomic mass is 10.00. The highest BCUT2D eigenvalue weighted by Crippen LogP contribution is 2.27. The number of benzene rings is 1. The summed E-state index contributed by atoms with van der Waals surface area (Å²) >= 11 is 0. The molecule has 4 N–H and O–H groups in total. The van der Waals surface area contributed by atoms with Gasteiger partial charge >= 0.3 is 0 Å². The van der Waals surface area contributed by atoms with Gasteiger partial charge in [-0.05, 0) is 49.9 Å². The number of nitrogens with zero attached hydrogens (tertiary/aromatic N) is 3. The second kappa shape index (κ2) is 8.09. The van der Waals surface area contributed by atoms with Crippen LogP contribution in [-0.4, -0.2) is 32.6 Å². The van der Waals surface area contributed by atoms with Gasteiger partial charge in [0.25, 0.3) is 0 Å². The summed E-state index contributed by atoms with van der Waals surface area (Å²) in [5, 5.41) is 9.66. The maximum Gasteiger partial charge on any atom is 0.249 e. The van der Waals surface area contributed by atoms with E-state index in [0.717, 1.165) is 19.3 Å². The molecule has 2 amide bonds. The van der Waals surface area contributed by atoms with E-state index in [2.05, 4.69) is 20.7 Å². The highest BCUT2D eigenvalue weighted by atomic mass is 16.2. The Morgan fingerprint density at radius 3 is 2.50 bits per heavy atom. The summed E-state index contributed by atoms with van der Waals surface area (Å²) < 4.78 is 1.48. The van der Waals surface area contributed by atoms with Gasteiger partial charge in [-0.25, -0.2) is 9.67 Å². The Hall–Kier alpha value is -2.74. The molecule has 1 aromatic carbocycles. The van der Waals surface area contributed by atoms with Crippen LogP contribution in [0.1, 0.15) is 38.6 Å². The molecule has 2 aromatic rings. The van der Waals surface area contributed by atoms with Crippen molar-refractivity contribution in [3.05, 3.63) is 36.9 Å². The predicted molar refractivity (Wildman–Crippen MR) is 98.4 cm³/mol. The molecule has 1 fully saturated rings. The molecule has 0 radical (unpaired) electrons. The lowest BCUT2D eigenvalue weighted by Crippen LogP contribution is -2.28. The molecule has 3 atom stereocenters. The first-order chi connectivity index (χ1) is 12.5. The second-order valence-electron chi connectivity index (χ2n) is 6.73. The van der Waals surface area contributed by atoms with E-state index < -0.39 is 6.04 Å². The summed E-state index contributed by atoms with van der Waals surface area (Å²) in [5.41, 5.74) is 7.36. The van der Waals surface area contributed by atoms with E-state index in [9.17, 15) is 9.59 Å². The van der Waals surface area contributed by atoms with Crippen LogP contribution in [-0.2, 0) is 9.59 Å². The fourth-order valence-corrected chi connectivity index (χ4v) is 3.19. The van der Waals surface area contributed by atoms with E-state index in [1.54, 1.807) is 31.2 Å². The molecular formula is C18H24N6O2. The van der Waals surface area contributed by atoms with Gasteiger partial charge in [0.15, 0.2) is 0 Å². The molecule has 8 heteroatoms. The molecule has 138 valence electrons. The number of anilines is 2. The highest BCUT2D eigenvalue weighted by molar-refractivity contribution is 5.94. The standard InChI is InChI=1S/C18H24N6O2/c1-12(24-11-20-10-21-24)18(26)23-15-7-5-14(6-8-15)22-17(25)9-13-3-2-4-16(13)19/h5-8,10-13,16H,2-4,9,19H2,1H3,(H,22,25)(H,23,26)/t12?,13-,16+/m0/s1. The lowest BCUT2D eigenvalue weighted by molar-refractivity contribution is -0.119. The van der Waals surface area contributed by atoms with Crippen molar-refractivity contribution in [3.63, 3.8) is 0 Å². The first kappa shape index (κ1) is 18.1. The summed E-state index contributed by atoms with van der Waals surface area (Å²) in [6.07, 6.45) is 6.46. The summed E-state index contributed by atoms with van der Waals surface area (Å²) in [5.74, 6) is 0.0540. The predicted octanol–water partition coefficient (Wildman–Crippen LogP) is 1.93. The van der Waals surface area contributed by atoms with Gasteiger partial charge in [-0.1, -0.05) is 6.42 Å². The fraction of sp³-hybridized carbons (Fsp3) is 0.444. The van der Waals surface area contributed by atoms with Crippen molar-refractivity contribution in [2.45, 2.75) is 44.7 Å². The average Bonchev–Trinajstić information content (AvgIpc) is 3.28. The molecule has 8 nitrogen and oxygen atoms in total. The van der Waals surface area contributed by atoms with Crippen LogP contribution < -0.4 is 16.4 Å². The molecule has 1 aliphatic carbocycles. The Morgan fingerprint density at radius 1 is 1.23 bits per heavy atom. The number of nitrogens with one attached hydrogen (secondary N) is 2. The van der Waals surface area contributed by atoms with Gasteiger partial charge in [-0.15, -0.1) is 0 Å². The molecule has 0 saturated heterocycles. The lowest BCUT2D eigenvalue weighted by Gasteiger charge is -2.15. The summed E-state index contributed by atoms with van der Waals surface area (Å²) in [4.78, 5) is 28.2. The van der Waals surface area contributed by atoms with Crippen molar-refractivity contribution >= 4 is 23.2 Å². The van der Waals surface area contributed by atoms with Gasteiger partial charge in [0, 0.05) is 23.8 Å². The van der Waals surface area contributed by atoms with E-state index in [0.29, 0.717) is 17.8 Å². The van der Waals surface area contributed by atoms with Crippen LogP contribution in [0.2, 0.25) is 0 Å². The molecule has 3 rings (SSSR count). The number of nitrogens with two attached hydrogens (primary N) is 1.